The summed E-state index contributed by atoms with van der Waals surface area (Å²) in [6, 6.07) is 0. The number of amides is 3. The van der Waals surface area contributed by atoms with Crippen LogP contribution in [0, 0.1) is 5.92 Å². The molecule has 8 nitrogen and oxygen atoms in total. The first-order valence-electron chi connectivity index (χ1n) is 8.74. The van der Waals surface area contributed by atoms with E-state index in [1.54, 1.807) is 6.92 Å². The number of ketones is 1. The molecule has 0 bridgehead atoms. The third kappa shape index (κ3) is 7.88. The lowest BCUT2D eigenvalue weighted by atomic mass is 10.0. The number of likely N-dealkylation sites (tertiary alicyclic amines) is 1. The van der Waals surface area contributed by atoms with Crippen molar-refractivity contribution in [3.8, 4) is 0 Å². The SMILES string of the molecule is C=C(C)C1CC(=O)N(CCC(=O)NCCOCCOCCC(C)=O)C1=O.[HH]. The minimum absolute atomic E-state index is 0. The van der Waals surface area contributed by atoms with Gasteiger partial charge in [0.2, 0.25) is 17.7 Å². The van der Waals surface area contributed by atoms with E-state index in [0.717, 1.165) is 4.90 Å². The normalized spacial score (nSPS) is 16.8. The molecule has 0 aliphatic carbocycles. The van der Waals surface area contributed by atoms with Crippen molar-refractivity contribution in [2.75, 3.05) is 39.5 Å². The van der Waals surface area contributed by atoms with E-state index in [1.165, 1.54) is 6.92 Å². The van der Waals surface area contributed by atoms with Gasteiger partial charge in [-0.05, 0) is 13.8 Å². The van der Waals surface area contributed by atoms with Crippen LogP contribution in [0.3, 0.4) is 0 Å². The van der Waals surface area contributed by atoms with E-state index in [0.29, 0.717) is 45.0 Å². The third-order valence-corrected chi connectivity index (χ3v) is 3.94. The van der Waals surface area contributed by atoms with Crippen molar-refractivity contribution in [2.45, 2.75) is 33.1 Å². The maximum Gasteiger partial charge on any atom is 0.236 e. The first kappa shape index (κ1) is 22.0. The fourth-order valence-electron chi connectivity index (χ4n) is 2.41. The zero-order valence-corrected chi connectivity index (χ0v) is 15.5. The first-order chi connectivity index (χ1) is 12.3. The smallest absolute Gasteiger partial charge is 0.236 e. The summed E-state index contributed by atoms with van der Waals surface area (Å²) in [5, 5.41) is 2.67. The molecule has 1 unspecified atom stereocenters. The van der Waals surface area contributed by atoms with Crippen LogP contribution in [0.15, 0.2) is 12.2 Å². The molecule has 3 amide bonds. The number of imide groups is 1. The zero-order valence-electron chi connectivity index (χ0n) is 15.5. The maximum atomic E-state index is 12.1. The molecule has 1 saturated heterocycles. The van der Waals surface area contributed by atoms with Gasteiger partial charge in [0.25, 0.3) is 0 Å². The number of carbonyl (C=O) groups excluding carboxylic acids is 4. The number of nitrogens with one attached hydrogen (secondary N) is 1. The molecular formula is C18H30N2O6. The zero-order chi connectivity index (χ0) is 19.5. The summed E-state index contributed by atoms with van der Waals surface area (Å²) in [5.74, 6) is -1.16. The highest BCUT2D eigenvalue weighted by atomic mass is 16.5. The minimum Gasteiger partial charge on any atom is -0.379 e. The monoisotopic (exact) mass is 370 g/mol. The molecule has 1 fully saturated rings. The van der Waals surface area contributed by atoms with Gasteiger partial charge in [-0.2, -0.15) is 0 Å². The van der Waals surface area contributed by atoms with Gasteiger partial charge < -0.3 is 14.8 Å². The molecule has 0 radical (unpaired) electrons. The van der Waals surface area contributed by atoms with Gasteiger partial charge in [-0.25, -0.2) is 0 Å². The molecule has 1 heterocycles. The Morgan fingerprint density at radius 3 is 2.38 bits per heavy atom. The Labute approximate surface area is 155 Å². The summed E-state index contributed by atoms with van der Waals surface area (Å²) in [7, 11) is 0. The lowest BCUT2D eigenvalue weighted by molar-refractivity contribution is -0.139. The molecule has 0 spiro atoms. The van der Waals surface area contributed by atoms with E-state index < -0.39 is 5.92 Å². The Hall–Kier alpha value is -2.06. The molecule has 0 aromatic carbocycles. The van der Waals surface area contributed by atoms with Crippen molar-refractivity contribution in [2.24, 2.45) is 5.92 Å². The Bertz CT molecular complexity index is 552. The maximum absolute atomic E-state index is 12.1. The van der Waals surface area contributed by atoms with Crippen LogP contribution in [-0.2, 0) is 28.7 Å². The minimum atomic E-state index is -0.461. The lowest BCUT2D eigenvalue weighted by Crippen LogP contribution is -2.36. The summed E-state index contributed by atoms with van der Waals surface area (Å²) in [5.41, 5.74) is 0.665. The standard InChI is InChI=1S/C18H28N2O6.H2/c1-13(2)15-12-17(23)20(18(15)24)7-4-16(22)19-6-9-26-11-10-25-8-5-14(3)21;/h15H,1,4-12H2,2-3H3,(H,19,22);1H. The number of ether oxygens (including phenoxy) is 2. The van der Waals surface area contributed by atoms with E-state index in [9.17, 15) is 19.2 Å². The van der Waals surface area contributed by atoms with E-state index >= 15 is 0 Å². The van der Waals surface area contributed by atoms with Crippen molar-refractivity contribution in [3.05, 3.63) is 12.2 Å². The van der Waals surface area contributed by atoms with Gasteiger partial charge in [0.1, 0.15) is 5.78 Å². The molecule has 1 N–H and O–H groups in total. The molecule has 0 aromatic rings. The van der Waals surface area contributed by atoms with Crippen molar-refractivity contribution >= 4 is 23.5 Å². The topological polar surface area (TPSA) is 102 Å². The average molecular weight is 370 g/mol. The summed E-state index contributed by atoms with van der Waals surface area (Å²) >= 11 is 0. The summed E-state index contributed by atoms with van der Waals surface area (Å²) in [6.07, 6.45) is 0.595. The summed E-state index contributed by atoms with van der Waals surface area (Å²) in [6.45, 7) is 8.87. The fourth-order valence-corrected chi connectivity index (χ4v) is 2.41. The van der Waals surface area contributed by atoms with E-state index in [-0.39, 0.29) is 44.3 Å². The van der Waals surface area contributed by atoms with Gasteiger partial charge in [0.05, 0.1) is 32.3 Å². The van der Waals surface area contributed by atoms with Crippen LogP contribution in [0.2, 0.25) is 0 Å². The Balaban J connectivity index is 0.00000676. The number of nitrogens with zero attached hydrogens (tertiary/aromatic N) is 1. The summed E-state index contributed by atoms with van der Waals surface area (Å²) < 4.78 is 10.5. The molecule has 148 valence electrons. The molecule has 26 heavy (non-hydrogen) atoms. The van der Waals surface area contributed by atoms with Gasteiger partial charge in [0, 0.05) is 33.8 Å². The average Bonchev–Trinajstić information content (AvgIpc) is 2.85. The number of hydrogen-bond donors (Lipinski definition) is 1. The molecule has 1 aliphatic heterocycles. The van der Waals surface area contributed by atoms with Crippen molar-refractivity contribution in [1.82, 2.24) is 10.2 Å². The Morgan fingerprint density at radius 2 is 1.81 bits per heavy atom. The van der Waals surface area contributed by atoms with Gasteiger partial charge in [-0.3, -0.25) is 24.1 Å². The Morgan fingerprint density at radius 1 is 1.15 bits per heavy atom. The highest BCUT2D eigenvalue weighted by Gasteiger charge is 2.38. The van der Waals surface area contributed by atoms with Gasteiger partial charge in [-0.15, -0.1) is 0 Å². The van der Waals surface area contributed by atoms with Crippen LogP contribution in [0.5, 0.6) is 0 Å². The predicted molar refractivity (Wildman–Crippen MR) is 96.3 cm³/mol. The van der Waals surface area contributed by atoms with E-state index in [2.05, 4.69) is 11.9 Å². The lowest BCUT2D eigenvalue weighted by Gasteiger charge is -2.14. The molecular weight excluding hydrogens is 340 g/mol. The fraction of sp³-hybridized carbons (Fsp3) is 0.667. The van der Waals surface area contributed by atoms with Crippen LogP contribution in [-0.4, -0.2) is 67.9 Å². The summed E-state index contributed by atoms with van der Waals surface area (Å²) in [4.78, 5) is 47.5. The van der Waals surface area contributed by atoms with E-state index in [4.69, 9.17) is 9.47 Å². The van der Waals surface area contributed by atoms with Crippen LogP contribution in [0.4, 0.5) is 0 Å². The Kier molecular flexibility index (Phi) is 9.75. The molecule has 0 aromatic heterocycles. The highest BCUT2D eigenvalue weighted by Crippen LogP contribution is 2.25. The van der Waals surface area contributed by atoms with Crippen LogP contribution in [0.1, 0.15) is 34.5 Å². The van der Waals surface area contributed by atoms with Crippen molar-refractivity contribution in [1.29, 1.82) is 0 Å². The van der Waals surface area contributed by atoms with Crippen LogP contribution in [0.25, 0.3) is 0 Å². The predicted octanol–water partition coefficient (Wildman–Crippen LogP) is 0.702. The first-order valence-corrected chi connectivity index (χ1v) is 8.74. The number of Topliss-reactive ketones (excluding diaryl/α,β-unsaturated/α-hetero) is 1. The van der Waals surface area contributed by atoms with Gasteiger partial charge in [0.15, 0.2) is 0 Å². The van der Waals surface area contributed by atoms with Crippen molar-refractivity contribution < 1.29 is 30.1 Å². The second-order valence-electron chi connectivity index (χ2n) is 6.26. The molecule has 1 atom stereocenters. The van der Waals surface area contributed by atoms with Crippen LogP contribution < -0.4 is 5.32 Å². The number of hydrogen-bond acceptors (Lipinski definition) is 6. The highest BCUT2D eigenvalue weighted by molar-refractivity contribution is 6.05. The van der Waals surface area contributed by atoms with Gasteiger partial charge >= 0.3 is 0 Å². The quantitative estimate of drug-likeness (QED) is 0.291. The van der Waals surface area contributed by atoms with Crippen LogP contribution >= 0.6 is 0 Å². The molecule has 8 heteroatoms. The molecule has 1 aliphatic rings. The second-order valence-corrected chi connectivity index (χ2v) is 6.26. The second kappa shape index (κ2) is 11.5. The third-order valence-electron chi connectivity index (χ3n) is 3.94. The molecule has 1 rings (SSSR count). The molecule has 0 saturated carbocycles. The van der Waals surface area contributed by atoms with Gasteiger partial charge in [-0.1, -0.05) is 12.2 Å². The van der Waals surface area contributed by atoms with Crippen molar-refractivity contribution in [3.63, 3.8) is 0 Å². The largest absolute Gasteiger partial charge is 0.379 e. The van der Waals surface area contributed by atoms with E-state index in [1.807, 2.05) is 0 Å². The number of carbonyl (C=O) groups is 4. The number of rotatable bonds is 13.